The van der Waals surface area contributed by atoms with Crippen LogP contribution in [0.25, 0.3) is 0 Å². The van der Waals surface area contributed by atoms with Gasteiger partial charge in [0.1, 0.15) is 5.75 Å². The molecule has 104 valence electrons. The van der Waals surface area contributed by atoms with Crippen LogP contribution in [0.15, 0.2) is 40.9 Å². The van der Waals surface area contributed by atoms with Crippen molar-refractivity contribution in [2.75, 3.05) is 5.32 Å². The Labute approximate surface area is 131 Å². The van der Waals surface area contributed by atoms with Crippen LogP contribution in [0.3, 0.4) is 0 Å². The summed E-state index contributed by atoms with van der Waals surface area (Å²) in [5.74, 6) is 0.121. The van der Waals surface area contributed by atoms with Gasteiger partial charge in [-0.15, -0.1) is 0 Å². The van der Waals surface area contributed by atoms with Gasteiger partial charge in [-0.1, -0.05) is 33.6 Å². The summed E-state index contributed by atoms with van der Waals surface area (Å²) in [4.78, 5) is 0. The smallest absolute Gasteiger partial charge is 0.134 e. The van der Waals surface area contributed by atoms with Gasteiger partial charge in [0, 0.05) is 16.2 Å². The van der Waals surface area contributed by atoms with Gasteiger partial charge < -0.3 is 10.4 Å². The lowest BCUT2D eigenvalue weighted by molar-refractivity contribution is 0.475. The van der Waals surface area contributed by atoms with Gasteiger partial charge in [0.2, 0.25) is 0 Å². The second-order valence-electron chi connectivity index (χ2n) is 5.16. The first-order valence-corrected chi connectivity index (χ1v) is 7.81. The minimum Gasteiger partial charge on any atom is -0.506 e. The third-order valence-corrected chi connectivity index (χ3v) is 4.51. The number of aromatic hydroxyl groups is 1. The fourth-order valence-electron chi connectivity index (χ4n) is 2.68. The van der Waals surface area contributed by atoms with E-state index in [0.29, 0.717) is 11.1 Å². The Morgan fingerprint density at radius 2 is 2.00 bits per heavy atom. The first-order valence-electron chi connectivity index (χ1n) is 6.64. The van der Waals surface area contributed by atoms with Gasteiger partial charge >= 0.3 is 0 Å². The van der Waals surface area contributed by atoms with E-state index in [1.54, 1.807) is 12.1 Å². The minimum absolute atomic E-state index is 0.121. The van der Waals surface area contributed by atoms with Crippen LogP contribution in [0.1, 0.15) is 17.5 Å². The Bertz CT molecular complexity index is 644. The van der Waals surface area contributed by atoms with E-state index in [0.717, 1.165) is 29.4 Å². The van der Waals surface area contributed by atoms with E-state index in [9.17, 15) is 5.11 Å². The Kier molecular flexibility index (Phi) is 3.90. The zero-order chi connectivity index (χ0) is 14.1. The Hall–Kier alpha value is -1.19. The molecule has 3 rings (SSSR count). The first-order chi connectivity index (χ1) is 9.61. The van der Waals surface area contributed by atoms with Gasteiger partial charge in [-0.2, -0.15) is 0 Å². The number of rotatable bonds is 2. The molecule has 0 radical (unpaired) electrons. The first kappa shape index (κ1) is 13.8. The second-order valence-corrected chi connectivity index (χ2v) is 6.49. The molecule has 0 fully saturated rings. The molecule has 0 saturated carbocycles. The molecule has 1 aliphatic carbocycles. The maximum absolute atomic E-state index is 9.44. The van der Waals surface area contributed by atoms with Gasteiger partial charge in [0.05, 0.1) is 5.02 Å². The molecule has 2 N–H and O–H groups in total. The Morgan fingerprint density at radius 1 is 1.15 bits per heavy atom. The summed E-state index contributed by atoms with van der Waals surface area (Å²) in [5, 5.41) is 13.3. The largest absolute Gasteiger partial charge is 0.506 e. The van der Waals surface area contributed by atoms with Gasteiger partial charge in [-0.05, 0) is 60.7 Å². The fraction of sp³-hybridized carbons (Fsp3) is 0.250. The molecule has 0 heterocycles. The van der Waals surface area contributed by atoms with Crippen molar-refractivity contribution in [2.24, 2.45) is 0 Å². The molecule has 0 aromatic heterocycles. The zero-order valence-electron chi connectivity index (χ0n) is 10.9. The van der Waals surface area contributed by atoms with Crippen LogP contribution < -0.4 is 5.32 Å². The van der Waals surface area contributed by atoms with E-state index >= 15 is 0 Å². The maximum Gasteiger partial charge on any atom is 0.134 e. The highest BCUT2D eigenvalue weighted by Gasteiger charge is 2.18. The number of phenols is 1. The number of nitrogens with one attached hydrogen (secondary N) is 1. The average Bonchev–Trinajstić information content (AvgIpc) is 2.43. The molecule has 0 spiro atoms. The highest BCUT2D eigenvalue weighted by molar-refractivity contribution is 9.10. The maximum atomic E-state index is 9.44. The van der Waals surface area contributed by atoms with Crippen molar-refractivity contribution >= 4 is 33.2 Å². The van der Waals surface area contributed by atoms with E-state index < -0.39 is 0 Å². The number of aryl methyl sites for hydroxylation is 1. The van der Waals surface area contributed by atoms with Crippen LogP contribution in [0.5, 0.6) is 5.75 Å². The fourth-order valence-corrected chi connectivity index (χ4v) is 3.27. The van der Waals surface area contributed by atoms with E-state index in [-0.39, 0.29) is 5.75 Å². The summed E-state index contributed by atoms with van der Waals surface area (Å²) in [5.41, 5.74) is 3.79. The monoisotopic (exact) mass is 351 g/mol. The molecule has 20 heavy (non-hydrogen) atoms. The quantitative estimate of drug-likeness (QED) is 0.763. The van der Waals surface area contributed by atoms with Crippen molar-refractivity contribution in [2.45, 2.75) is 25.3 Å². The number of benzene rings is 2. The standard InChI is InChI=1S/C16H15BrClNO/c17-12-3-1-11-8-13(4-2-10(11)7-12)19-14-5-6-16(20)15(18)9-14/h1,3,5-7,9,13,19-20H,2,4,8H2. The van der Waals surface area contributed by atoms with E-state index in [1.807, 2.05) is 6.07 Å². The molecular formula is C16H15BrClNO. The number of anilines is 1. The molecule has 2 aromatic carbocycles. The summed E-state index contributed by atoms with van der Waals surface area (Å²) in [6.45, 7) is 0. The lowest BCUT2D eigenvalue weighted by Gasteiger charge is -2.26. The minimum atomic E-state index is 0.121. The van der Waals surface area contributed by atoms with E-state index in [4.69, 9.17) is 11.6 Å². The van der Waals surface area contributed by atoms with Crippen molar-refractivity contribution < 1.29 is 5.11 Å². The number of hydrogen-bond donors (Lipinski definition) is 2. The molecule has 1 unspecified atom stereocenters. The average molecular weight is 353 g/mol. The lowest BCUT2D eigenvalue weighted by Crippen LogP contribution is -2.27. The SMILES string of the molecule is Oc1ccc(NC2CCc3cc(Br)ccc3C2)cc1Cl. The van der Waals surface area contributed by atoms with Crippen molar-refractivity contribution in [1.82, 2.24) is 0 Å². The van der Waals surface area contributed by atoms with E-state index in [2.05, 4.69) is 39.4 Å². The molecule has 1 aliphatic rings. The molecule has 1 atom stereocenters. The Balaban J connectivity index is 1.74. The van der Waals surface area contributed by atoms with Crippen LogP contribution in [0.4, 0.5) is 5.69 Å². The van der Waals surface area contributed by atoms with Gasteiger partial charge in [-0.3, -0.25) is 0 Å². The second kappa shape index (κ2) is 5.66. The van der Waals surface area contributed by atoms with Gasteiger partial charge in [-0.25, -0.2) is 0 Å². The molecule has 0 amide bonds. The molecular weight excluding hydrogens is 338 g/mol. The summed E-state index contributed by atoms with van der Waals surface area (Å²) in [6.07, 6.45) is 3.20. The van der Waals surface area contributed by atoms with Gasteiger partial charge in [0.25, 0.3) is 0 Å². The molecule has 0 aliphatic heterocycles. The zero-order valence-corrected chi connectivity index (χ0v) is 13.2. The van der Waals surface area contributed by atoms with Crippen LogP contribution in [0.2, 0.25) is 5.02 Å². The van der Waals surface area contributed by atoms with Crippen LogP contribution in [-0.2, 0) is 12.8 Å². The molecule has 4 heteroatoms. The summed E-state index contributed by atoms with van der Waals surface area (Å²) in [7, 11) is 0. The van der Waals surface area contributed by atoms with Crippen LogP contribution in [0, 0.1) is 0 Å². The van der Waals surface area contributed by atoms with Crippen LogP contribution in [-0.4, -0.2) is 11.1 Å². The molecule has 2 aromatic rings. The molecule has 0 saturated heterocycles. The Morgan fingerprint density at radius 3 is 2.80 bits per heavy atom. The summed E-state index contributed by atoms with van der Waals surface area (Å²) in [6, 6.07) is 12.2. The molecule has 0 bridgehead atoms. The van der Waals surface area contributed by atoms with Crippen LogP contribution >= 0.6 is 27.5 Å². The van der Waals surface area contributed by atoms with Crippen molar-refractivity contribution in [3.05, 3.63) is 57.0 Å². The van der Waals surface area contributed by atoms with Crippen molar-refractivity contribution in [3.63, 3.8) is 0 Å². The normalized spacial score (nSPS) is 17.6. The van der Waals surface area contributed by atoms with Crippen molar-refractivity contribution in [1.29, 1.82) is 0 Å². The number of halogens is 2. The highest BCUT2D eigenvalue weighted by Crippen LogP contribution is 2.29. The topological polar surface area (TPSA) is 32.3 Å². The number of phenolic OH excluding ortho intramolecular Hbond substituents is 1. The van der Waals surface area contributed by atoms with E-state index in [1.165, 1.54) is 11.1 Å². The summed E-state index contributed by atoms with van der Waals surface area (Å²) >= 11 is 9.45. The van der Waals surface area contributed by atoms with Gasteiger partial charge in [0.15, 0.2) is 0 Å². The summed E-state index contributed by atoms with van der Waals surface area (Å²) < 4.78 is 1.15. The molecule has 2 nitrogen and oxygen atoms in total. The highest BCUT2D eigenvalue weighted by atomic mass is 79.9. The predicted octanol–water partition coefficient (Wildman–Crippen LogP) is 4.78. The number of hydrogen-bond acceptors (Lipinski definition) is 2. The third kappa shape index (κ3) is 2.94. The third-order valence-electron chi connectivity index (χ3n) is 3.72. The lowest BCUT2D eigenvalue weighted by atomic mass is 9.88. The van der Waals surface area contributed by atoms with Crippen molar-refractivity contribution in [3.8, 4) is 5.75 Å². The predicted molar refractivity (Wildman–Crippen MR) is 86.7 cm³/mol. The number of fused-ring (bicyclic) bond motifs is 1.